The van der Waals surface area contributed by atoms with Crippen LogP contribution >= 0.6 is 11.6 Å². The van der Waals surface area contributed by atoms with E-state index in [0.717, 1.165) is 6.07 Å². The first-order valence-corrected chi connectivity index (χ1v) is 6.12. The highest BCUT2D eigenvalue weighted by Crippen LogP contribution is 2.35. The van der Waals surface area contributed by atoms with Crippen molar-refractivity contribution in [3.8, 4) is 0 Å². The fourth-order valence-electron chi connectivity index (χ4n) is 1.85. The summed E-state index contributed by atoms with van der Waals surface area (Å²) in [5, 5.41) is 6.65. The zero-order valence-electron chi connectivity index (χ0n) is 10.3. The molecule has 2 aromatic heterocycles. The number of halogens is 4. The Labute approximate surface area is 121 Å². The van der Waals surface area contributed by atoms with E-state index in [1.807, 2.05) is 0 Å². The molecule has 5 nitrogen and oxygen atoms in total. The lowest BCUT2D eigenvalue weighted by Crippen LogP contribution is -2.10. The molecule has 3 aromatic rings. The van der Waals surface area contributed by atoms with Gasteiger partial charge >= 0.3 is 6.18 Å². The van der Waals surface area contributed by atoms with Crippen molar-refractivity contribution in [2.45, 2.75) is 6.18 Å². The van der Waals surface area contributed by atoms with Gasteiger partial charge in [-0.1, -0.05) is 23.7 Å². The van der Waals surface area contributed by atoms with Gasteiger partial charge in [-0.25, -0.2) is 0 Å². The van der Waals surface area contributed by atoms with Crippen LogP contribution in [0.1, 0.15) is 5.56 Å². The Kier molecular flexibility index (Phi) is 3.17. The van der Waals surface area contributed by atoms with Gasteiger partial charge in [-0.2, -0.15) is 32.8 Å². The number of anilines is 2. The summed E-state index contributed by atoms with van der Waals surface area (Å²) in [5.74, 6) is 0.425. The van der Waals surface area contributed by atoms with Crippen LogP contribution in [0, 0.1) is 0 Å². The van der Waals surface area contributed by atoms with Crippen molar-refractivity contribution in [2.75, 3.05) is 5.32 Å². The molecule has 108 valence electrons. The van der Waals surface area contributed by atoms with Crippen LogP contribution in [0.5, 0.6) is 0 Å². The molecule has 0 aliphatic heterocycles. The van der Waals surface area contributed by atoms with Crippen LogP contribution in [-0.4, -0.2) is 19.6 Å². The normalized spacial score (nSPS) is 11.8. The smallest absolute Gasteiger partial charge is 0.339 e. The molecule has 3 rings (SSSR count). The Morgan fingerprint density at radius 1 is 1.19 bits per heavy atom. The zero-order valence-corrected chi connectivity index (χ0v) is 11.0. The molecule has 0 aliphatic rings. The van der Waals surface area contributed by atoms with Crippen LogP contribution in [0.25, 0.3) is 5.78 Å². The van der Waals surface area contributed by atoms with Gasteiger partial charge in [-0.3, -0.25) is 0 Å². The van der Waals surface area contributed by atoms with Crippen molar-refractivity contribution >= 4 is 28.9 Å². The average Bonchev–Trinajstić information content (AvgIpc) is 2.86. The zero-order chi connectivity index (χ0) is 15.0. The first kappa shape index (κ1) is 13.6. The molecule has 0 fully saturated rings. The molecule has 0 radical (unpaired) electrons. The minimum absolute atomic E-state index is 0.0995. The van der Waals surface area contributed by atoms with E-state index in [1.54, 1.807) is 0 Å². The molecule has 2 heterocycles. The van der Waals surface area contributed by atoms with Crippen molar-refractivity contribution in [3.05, 3.63) is 47.4 Å². The standard InChI is InChI=1S/C12H7ClF3N5/c13-9-5-10(21-11(20-9)17-6-18-21)19-8-4-2-1-3-7(8)12(14,15)16/h1-6,19H. The summed E-state index contributed by atoms with van der Waals surface area (Å²) in [7, 11) is 0. The largest absolute Gasteiger partial charge is 0.418 e. The highest BCUT2D eigenvalue weighted by Gasteiger charge is 2.33. The summed E-state index contributed by atoms with van der Waals surface area (Å²) in [6, 6.07) is 6.50. The third-order valence-corrected chi connectivity index (χ3v) is 2.91. The van der Waals surface area contributed by atoms with Gasteiger partial charge in [0, 0.05) is 6.07 Å². The lowest BCUT2D eigenvalue weighted by Gasteiger charge is -2.14. The van der Waals surface area contributed by atoms with Crippen LogP contribution in [0.15, 0.2) is 36.7 Å². The third-order valence-electron chi connectivity index (χ3n) is 2.72. The van der Waals surface area contributed by atoms with Crippen LogP contribution in [0.3, 0.4) is 0 Å². The second-order valence-electron chi connectivity index (χ2n) is 4.10. The van der Waals surface area contributed by atoms with Crippen molar-refractivity contribution in [3.63, 3.8) is 0 Å². The Morgan fingerprint density at radius 3 is 2.71 bits per heavy atom. The highest BCUT2D eigenvalue weighted by atomic mass is 35.5. The van der Waals surface area contributed by atoms with Crippen molar-refractivity contribution < 1.29 is 13.2 Å². The van der Waals surface area contributed by atoms with E-state index in [0.29, 0.717) is 0 Å². The third kappa shape index (κ3) is 2.62. The molecule has 0 saturated carbocycles. The number of alkyl halides is 3. The summed E-state index contributed by atoms with van der Waals surface area (Å²) in [6.07, 6.45) is -3.23. The maximum Gasteiger partial charge on any atom is 0.418 e. The van der Waals surface area contributed by atoms with E-state index in [9.17, 15) is 13.2 Å². The first-order chi connectivity index (χ1) is 9.95. The number of nitrogens with zero attached hydrogens (tertiary/aromatic N) is 4. The molecule has 0 spiro atoms. The van der Waals surface area contributed by atoms with Crippen LogP contribution < -0.4 is 5.32 Å². The van der Waals surface area contributed by atoms with Crippen LogP contribution in [0.4, 0.5) is 24.7 Å². The fourth-order valence-corrected chi connectivity index (χ4v) is 2.03. The van der Waals surface area contributed by atoms with Gasteiger partial charge in [-0.15, -0.1) is 0 Å². The molecule has 0 atom stereocenters. The maximum absolute atomic E-state index is 13.0. The van der Waals surface area contributed by atoms with E-state index in [4.69, 9.17) is 11.6 Å². The van der Waals surface area contributed by atoms with E-state index in [1.165, 1.54) is 35.1 Å². The Morgan fingerprint density at radius 2 is 1.95 bits per heavy atom. The van der Waals surface area contributed by atoms with Crippen molar-refractivity contribution in [1.82, 2.24) is 19.6 Å². The summed E-state index contributed by atoms with van der Waals surface area (Å²) < 4.78 is 40.2. The summed E-state index contributed by atoms with van der Waals surface area (Å²) in [5.41, 5.74) is -0.893. The van der Waals surface area contributed by atoms with Gasteiger partial charge in [0.2, 0.25) is 0 Å². The maximum atomic E-state index is 13.0. The van der Waals surface area contributed by atoms with Gasteiger partial charge in [0.05, 0.1) is 11.3 Å². The number of aromatic nitrogens is 4. The molecule has 0 aliphatic carbocycles. The topological polar surface area (TPSA) is 55.1 Å². The molecule has 21 heavy (non-hydrogen) atoms. The average molecular weight is 314 g/mol. The molecular weight excluding hydrogens is 307 g/mol. The van der Waals surface area contributed by atoms with Crippen LogP contribution in [-0.2, 0) is 6.18 Å². The molecule has 9 heteroatoms. The predicted molar refractivity (Wildman–Crippen MR) is 70.5 cm³/mol. The summed E-state index contributed by atoms with van der Waals surface area (Å²) in [6.45, 7) is 0. The van der Waals surface area contributed by atoms with Gasteiger partial charge in [0.1, 0.15) is 17.3 Å². The van der Waals surface area contributed by atoms with E-state index in [-0.39, 0.29) is 22.4 Å². The molecule has 0 amide bonds. The number of hydrogen-bond donors (Lipinski definition) is 1. The lowest BCUT2D eigenvalue weighted by atomic mass is 10.1. The molecule has 0 unspecified atom stereocenters. The number of hydrogen-bond acceptors (Lipinski definition) is 4. The number of fused-ring (bicyclic) bond motifs is 1. The number of rotatable bonds is 2. The quantitative estimate of drug-likeness (QED) is 0.735. The van der Waals surface area contributed by atoms with Crippen molar-refractivity contribution in [2.24, 2.45) is 0 Å². The minimum atomic E-state index is -4.47. The first-order valence-electron chi connectivity index (χ1n) is 5.75. The van der Waals surface area contributed by atoms with Crippen LogP contribution in [0.2, 0.25) is 5.15 Å². The monoisotopic (exact) mass is 313 g/mol. The molecule has 0 saturated heterocycles. The number of para-hydroxylation sites is 1. The predicted octanol–water partition coefficient (Wildman–Crippen LogP) is 3.54. The molecule has 1 N–H and O–H groups in total. The second kappa shape index (κ2) is 4.88. The van der Waals surface area contributed by atoms with Gasteiger partial charge < -0.3 is 5.32 Å². The summed E-state index contributed by atoms with van der Waals surface area (Å²) >= 11 is 5.82. The Bertz CT molecular complexity index is 799. The number of nitrogens with one attached hydrogen (secondary N) is 1. The molecule has 0 bridgehead atoms. The lowest BCUT2D eigenvalue weighted by molar-refractivity contribution is -0.136. The second-order valence-corrected chi connectivity index (χ2v) is 4.49. The van der Waals surface area contributed by atoms with E-state index >= 15 is 0 Å². The summed E-state index contributed by atoms with van der Waals surface area (Å²) in [4.78, 5) is 7.75. The van der Waals surface area contributed by atoms with E-state index < -0.39 is 11.7 Å². The van der Waals surface area contributed by atoms with Crippen molar-refractivity contribution in [1.29, 1.82) is 0 Å². The van der Waals surface area contributed by atoms with Gasteiger partial charge in [0.25, 0.3) is 5.78 Å². The minimum Gasteiger partial charge on any atom is -0.339 e. The fraction of sp³-hybridized carbons (Fsp3) is 0.0833. The van der Waals surface area contributed by atoms with E-state index in [2.05, 4.69) is 20.4 Å². The molecule has 1 aromatic carbocycles. The Hall–Kier alpha value is -2.35. The van der Waals surface area contributed by atoms with Gasteiger partial charge in [-0.05, 0) is 12.1 Å². The molecular formula is C12H7ClF3N5. The Balaban J connectivity index is 2.09. The highest BCUT2D eigenvalue weighted by molar-refractivity contribution is 6.29. The van der Waals surface area contributed by atoms with Gasteiger partial charge in [0.15, 0.2) is 0 Å². The number of benzene rings is 1. The SMILES string of the molecule is FC(F)(F)c1ccccc1Nc1cc(Cl)nc2ncnn12.